The van der Waals surface area contributed by atoms with E-state index in [9.17, 15) is 14.3 Å². The van der Waals surface area contributed by atoms with Crippen molar-refractivity contribution >= 4 is 5.97 Å². The van der Waals surface area contributed by atoms with Crippen LogP contribution in [0.5, 0.6) is 0 Å². The molecule has 1 aromatic carbocycles. The second kappa shape index (κ2) is 5.14. The van der Waals surface area contributed by atoms with E-state index >= 15 is 0 Å². The first kappa shape index (κ1) is 13.5. The van der Waals surface area contributed by atoms with Crippen LogP contribution in [0.4, 0.5) is 4.39 Å². The van der Waals surface area contributed by atoms with Gasteiger partial charge in [0.15, 0.2) is 0 Å². The first-order valence-corrected chi connectivity index (χ1v) is 6.87. The normalized spacial score (nSPS) is 35.9. The van der Waals surface area contributed by atoms with Crippen molar-refractivity contribution in [2.45, 2.75) is 36.9 Å². The van der Waals surface area contributed by atoms with Crippen molar-refractivity contribution in [1.82, 2.24) is 5.32 Å². The summed E-state index contributed by atoms with van der Waals surface area (Å²) < 4.78 is 18.0. The molecule has 0 aromatic heterocycles. The first-order valence-electron chi connectivity index (χ1n) is 6.87. The van der Waals surface area contributed by atoms with Crippen molar-refractivity contribution in [2.24, 2.45) is 5.92 Å². The molecule has 1 aromatic rings. The lowest BCUT2D eigenvalue weighted by Crippen LogP contribution is -2.49. The van der Waals surface area contributed by atoms with Gasteiger partial charge in [0.25, 0.3) is 0 Å². The topological polar surface area (TPSA) is 58.6 Å². The number of aliphatic hydroxyl groups is 1. The maximum Gasteiger partial charge on any atom is 0.310 e. The van der Waals surface area contributed by atoms with Crippen molar-refractivity contribution in [2.75, 3.05) is 7.11 Å². The molecule has 2 N–H and O–H groups in total. The van der Waals surface area contributed by atoms with Crippen LogP contribution in [0, 0.1) is 11.7 Å². The molecule has 0 aliphatic carbocycles. The number of methoxy groups -OCH3 is 1. The van der Waals surface area contributed by atoms with E-state index in [2.05, 4.69) is 5.32 Å². The van der Waals surface area contributed by atoms with Gasteiger partial charge in [-0.3, -0.25) is 4.79 Å². The molecule has 2 aliphatic heterocycles. The highest BCUT2D eigenvalue weighted by Crippen LogP contribution is 2.42. The molecule has 108 valence electrons. The number of carbonyl (C=O) groups is 1. The summed E-state index contributed by atoms with van der Waals surface area (Å²) in [6, 6.07) is 6.16. The number of piperidine rings is 1. The molecule has 5 atom stereocenters. The average molecular weight is 279 g/mol. The maximum absolute atomic E-state index is 13.1. The third-order valence-corrected chi connectivity index (χ3v) is 4.53. The van der Waals surface area contributed by atoms with E-state index in [0.29, 0.717) is 12.8 Å². The Morgan fingerprint density at radius 1 is 1.30 bits per heavy atom. The van der Waals surface area contributed by atoms with Crippen LogP contribution >= 0.6 is 0 Å². The molecule has 2 heterocycles. The predicted octanol–water partition coefficient (Wildman–Crippen LogP) is 1.19. The van der Waals surface area contributed by atoms with Crippen LogP contribution in [0.2, 0.25) is 0 Å². The molecule has 2 fully saturated rings. The van der Waals surface area contributed by atoms with Crippen molar-refractivity contribution in [1.29, 1.82) is 0 Å². The fraction of sp³-hybridized carbons (Fsp3) is 0.533. The molecule has 5 heteroatoms. The Balaban J connectivity index is 1.94. The zero-order chi connectivity index (χ0) is 14.3. The van der Waals surface area contributed by atoms with Gasteiger partial charge >= 0.3 is 5.97 Å². The van der Waals surface area contributed by atoms with E-state index in [4.69, 9.17) is 4.74 Å². The van der Waals surface area contributed by atoms with E-state index in [1.165, 1.54) is 19.2 Å². The number of esters is 1. The van der Waals surface area contributed by atoms with Gasteiger partial charge in [0, 0.05) is 18.0 Å². The van der Waals surface area contributed by atoms with Gasteiger partial charge in [-0.05, 0) is 30.5 Å². The molecule has 0 radical (unpaired) electrons. The molecule has 3 unspecified atom stereocenters. The number of nitrogens with one attached hydrogen (secondary N) is 1. The summed E-state index contributed by atoms with van der Waals surface area (Å²) in [7, 11) is 1.38. The highest BCUT2D eigenvalue weighted by atomic mass is 19.1. The van der Waals surface area contributed by atoms with E-state index in [1.54, 1.807) is 12.1 Å². The Morgan fingerprint density at radius 3 is 2.65 bits per heavy atom. The lowest BCUT2D eigenvalue weighted by atomic mass is 9.77. The van der Waals surface area contributed by atoms with Gasteiger partial charge in [0.2, 0.25) is 0 Å². The van der Waals surface area contributed by atoms with Gasteiger partial charge in [-0.2, -0.15) is 0 Å². The molecule has 0 spiro atoms. The maximum atomic E-state index is 13.1. The summed E-state index contributed by atoms with van der Waals surface area (Å²) in [5.41, 5.74) is 0.924. The lowest BCUT2D eigenvalue weighted by Gasteiger charge is -2.36. The van der Waals surface area contributed by atoms with Crippen LogP contribution in [0.3, 0.4) is 0 Å². The van der Waals surface area contributed by atoms with Crippen molar-refractivity contribution in [3.05, 3.63) is 35.6 Å². The molecule has 0 amide bonds. The van der Waals surface area contributed by atoms with Gasteiger partial charge in [-0.15, -0.1) is 0 Å². The Morgan fingerprint density at radius 2 is 2.00 bits per heavy atom. The largest absolute Gasteiger partial charge is 0.469 e. The van der Waals surface area contributed by atoms with Crippen LogP contribution in [0.1, 0.15) is 24.3 Å². The number of hydrogen-bond donors (Lipinski definition) is 2. The third kappa shape index (κ3) is 2.21. The van der Waals surface area contributed by atoms with Gasteiger partial charge < -0.3 is 15.2 Å². The molecule has 4 nitrogen and oxygen atoms in total. The SMILES string of the molecule is COC(=O)[C@@H]1C2CC(O)C(C[C@H]1c1ccc(F)cc1)N2. The minimum absolute atomic E-state index is 0.00374. The van der Waals surface area contributed by atoms with Crippen molar-refractivity contribution in [3.63, 3.8) is 0 Å². The molecule has 20 heavy (non-hydrogen) atoms. The first-order chi connectivity index (χ1) is 9.60. The third-order valence-electron chi connectivity index (χ3n) is 4.53. The van der Waals surface area contributed by atoms with Crippen LogP contribution < -0.4 is 5.32 Å². The number of carbonyl (C=O) groups excluding carboxylic acids is 1. The fourth-order valence-electron chi connectivity index (χ4n) is 3.57. The number of aliphatic hydroxyl groups excluding tert-OH is 1. The molecule has 2 bridgehead atoms. The number of benzene rings is 1. The summed E-state index contributed by atoms with van der Waals surface area (Å²) >= 11 is 0. The summed E-state index contributed by atoms with van der Waals surface area (Å²) in [6.07, 6.45) is 0.781. The lowest BCUT2D eigenvalue weighted by molar-refractivity contribution is -0.148. The average Bonchev–Trinajstić information content (AvgIpc) is 2.74. The Kier molecular flexibility index (Phi) is 3.48. The minimum atomic E-state index is -0.433. The highest BCUT2D eigenvalue weighted by molar-refractivity contribution is 5.75. The number of rotatable bonds is 2. The Labute approximate surface area is 116 Å². The van der Waals surface area contributed by atoms with Gasteiger partial charge in [0.05, 0.1) is 19.1 Å². The fourth-order valence-corrected chi connectivity index (χ4v) is 3.57. The van der Waals surface area contributed by atoms with Crippen LogP contribution in [0.25, 0.3) is 0 Å². The molecule has 0 saturated carbocycles. The molecule has 3 rings (SSSR count). The van der Waals surface area contributed by atoms with Gasteiger partial charge in [-0.1, -0.05) is 12.1 Å². The van der Waals surface area contributed by atoms with Crippen LogP contribution in [-0.4, -0.2) is 36.4 Å². The number of hydrogen-bond acceptors (Lipinski definition) is 4. The summed E-state index contributed by atoms with van der Waals surface area (Å²) in [5, 5.41) is 13.3. The molecular formula is C15H18FNO3. The van der Waals surface area contributed by atoms with Crippen LogP contribution in [-0.2, 0) is 9.53 Å². The van der Waals surface area contributed by atoms with Gasteiger partial charge in [0.1, 0.15) is 5.82 Å². The minimum Gasteiger partial charge on any atom is -0.469 e. The molecular weight excluding hydrogens is 261 g/mol. The van der Waals surface area contributed by atoms with Gasteiger partial charge in [-0.25, -0.2) is 4.39 Å². The molecule has 2 saturated heterocycles. The number of fused-ring (bicyclic) bond motifs is 2. The summed E-state index contributed by atoms with van der Waals surface area (Å²) in [6.45, 7) is 0. The predicted molar refractivity (Wildman–Crippen MR) is 70.6 cm³/mol. The van der Waals surface area contributed by atoms with Crippen molar-refractivity contribution < 1.29 is 19.0 Å². The Bertz CT molecular complexity index is 502. The monoisotopic (exact) mass is 279 g/mol. The van der Waals surface area contributed by atoms with E-state index < -0.39 is 6.10 Å². The second-order valence-electron chi connectivity index (χ2n) is 5.63. The standard InChI is InChI=1S/C15H18FNO3/c1-20-15(19)14-10(8-2-4-9(16)5-3-8)6-11-13(18)7-12(14)17-11/h2-5,10-14,17-18H,6-7H2,1H3/t10-,11?,12?,13?,14-/m0/s1. The Hall–Kier alpha value is -1.46. The second-order valence-corrected chi connectivity index (χ2v) is 5.63. The summed E-state index contributed by atoms with van der Waals surface area (Å²) in [4.78, 5) is 12.1. The molecule has 2 aliphatic rings. The zero-order valence-corrected chi connectivity index (χ0v) is 11.3. The van der Waals surface area contributed by atoms with E-state index in [-0.39, 0.29) is 35.7 Å². The highest BCUT2D eigenvalue weighted by Gasteiger charge is 2.49. The quantitative estimate of drug-likeness (QED) is 0.799. The van der Waals surface area contributed by atoms with Crippen LogP contribution in [0.15, 0.2) is 24.3 Å². The van der Waals surface area contributed by atoms with E-state index in [1.807, 2.05) is 0 Å². The zero-order valence-electron chi connectivity index (χ0n) is 11.3. The summed E-state index contributed by atoms with van der Waals surface area (Å²) in [5.74, 6) is -0.944. The van der Waals surface area contributed by atoms with Crippen molar-refractivity contribution in [3.8, 4) is 0 Å². The van der Waals surface area contributed by atoms with E-state index in [0.717, 1.165) is 5.56 Å². The smallest absolute Gasteiger partial charge is 0.310 e. The number of ether oxygens (including phenoxy) is 1. The number of halogens is 1.